The van der Waals surface area contributed by atoms with Gasteiger partial charge in [-0.1, -0.05) is 5.16 Å². The van der Waals surface area contributed by atoms with Crippen molar-refractivity contribution < 1.29 is 14.0 Å². The van der Waals surface area contributed by atoms with E-state index >= 15 is 0 Å². The van der Waals surface area contributed by atoms with Gasteiger partial charge < -0.3 is 14.0 Å². The summed E-state index contributed by atoms with van der Waals surface area (Å²) in [5, 5.41) is 11.3. The summed E-state index contributed by atoms with van der Waals surface area (Å²) in [7, 11) is 1.99. The van der Waals surface area contributed by atoms with Crippen molar-refractivity contribution in [3.8, 4) is 34.1 Å². The van der Waals surface area contributed by atoms with E-state index in [4.69, 9.17) is 14.0 Å². The van der Waals surface area contributed by atoms with E-state index in [2.05, 4.69) is 30.2 Å². The molecule has 0 bridgehead atoms. The second-order valence-electron chi connectivity index (χ2n) is 6.76. The van der Waals surface area contributed by atoms with Crippen molar-refractivity contribution in [1.29, 1.82) is 0 Å². The maximum Gasteiger partial charge on any atom is 0.241 e. The number of nitrogens with zero attached hydrogens (tertiary/aromatic N) is 5. The zero-order valence-electron chi connectivity index (χ0n) is 15.7. The van der Waals surface area contributed by atoms with Gasteiger partial charge in [-0.2, -0.15) is 10.1 Å². The molecule has 9 heteroatoms. The number of hydrogen-bond donors (Lipinski definition) is 1. The molecule has 5 rings (SSSR count). The van der Waals surface area contributed by atoms with Gasteiger partial charge in [0.15, 0.2) is 11.5 Å². The van der Waals surface area contributed by atoms with Crippen molar-refractivity contribution in [2.75, 3.05) is 13.8 Å². The Bertz CT molecular complexity index is 1120. The molecule has 0 aliphatic carbocycles. The second kappa shape index (κ2) is 7.36. The topological polar surface area (TPSA) is 102 Å². The number of hydrogen-bond acceptors (Lipinski definition) is 8. The lowest BCUT2D eigenvalue weighted by atomic mass is 10.1. The molecular formula is C20H18N6O3. The summed E-state index contributed by atoms with van der Waals surface area (Å²) in [6, 6.07) is 9.59. The highest BCUT2D eigenvalue weighted by molar-refractivity contribution is 5.66. The van der Waals surface area contributed by atoms with E-state index in [0.29, 0.717) is 24.8 Å². The van der Waals surface area contributed by atoms with E-state index in [9.17, 15) is 0 Å². The van der Waals surface area contributed by atoms with E-state index in [0.717, 1.165) is 33.9 Å². The number of ether oxygens (including phenoxy) is 2. The Morgan fingerprint density at radius 1 is 1.07 bits per heavy atom. The first kappa shape index (κ1) is 17.4. The molecule has 0 saturated carbocycles. The first-order valence-corrected chi connectivity index (χ1v) is 9.10. The molecule has 146 valence electrons. The Hall–Kier alpha value is -3.72. The minimum Gasteiger partial charge on any atom is -0.454 e. The molecule has 0 fully saturated rings. The first-order chi connectivity index (χ1) is 14.3. The van der Waals surface area contributed by atoms with Gasteiger partial charge in [0.2, 0.25) is 18.5 Å². The minimum absolute atomic E-state index is 0.253. The molecule has 4 aromatic rings. The average molecular weight is 390 g/mol. The third-order valence-corrected chi connectivity index (χ3v) is 4.61. The van der Waals surface area contributed by atoms with Crippen molar-refractivity contribution in [1.82, 2.24) is 30.2 Å². The van der Waals surface area contributed by atoms with Crippen LogP contribution >= 0.6 is 0 Å². The van der Waals surface area contributed by atoms with E-state index in [1.165, 1.54) is 0 Å². The molecular weight excluding hydrogens is 372 g/mol. The lowest BCUT2D eigenvalue weighted by Crippen LogP contribution is -2.17. The van der Waals surface area contributed by atoms with Gasteiger partial charge in [-0.05, 0) is 37.4 Å². The smallest absolute Gasteiger partial charge is 0.241 e. The molecule has 0 radical (unpaired) electrons. The number of rotatable bonds is 6. The van der Waals surface area contributed by atoms with Crippen LogP contribution in [0.15, 0.2) is 53.4 Å². The maximum atomic E-state index is 5.48. The standard InChI is InChI=1S/C20H18N6O3/c1-26(11-18-23-20(25-29-18)14-3-2-6-21-8-14)10-15-9-22-24-19(15)13-4-5-16-17(7-13)28-12-27-16/h2-9H,10-12H2,1H3,(H,22,24). The number of benzene rings is 1. The zero-order valence-corrected chi connectivity index (χ0v) is 15.7. The third-order valence-electron chi connectivity index (χ3n) is 4.61. The van der Waals surface area contributed by atoms with Crippen molar-refractivity contribution >= 4 is 0 Å². The van der Waals surface area contributed by atoms with E-state index in [1.807, 2.05) is 43.6 Å². The van der Waals surface area contributed by atoms with Crippen LogP contribution in [-0.4, -0.2) is 44.1 Å². The van der Waals surface area contributed by atoms with Crippen molar-refractivity contribution in [2.45, 2.75) is 13.1 Å². The fourth-order valence-electron chi connectivity index (χ4n) is 3.24. The Labute approximate surface area is 166 Å². The summed E-state index contributed by atoms with van der Waals surface area (Å²) >= 11 is 0. The fourth-order valence-corrected chi connectivity index (χ4v) is 3.24. The van der Waals surface area contributed by atoms with Gasteiger partial charge in [-0.3, -0.25) is 15.0 Å². The fraction of sp³-hybridized carbons (Fsp3) is 0.200. The molecule has 0 unspecified atom stereocenters. The largest absolute Gasteiger partial charge is 0.454 e. The predicted molar refractivity (Wildman–Crippen MR) is 103 cm³/mol. The molecule has 9 nitrogen and oxygen atoms in total. The number of fused-ring (bicyclic) bond motifs is 1. The highest BCUT2D eigenvalue weighted by Crippen LogP contribution is 2.36. The molecule has 4 heterocycles. The summed E-state index contributed by atoms with van der Waals surface area (Å²) in [5.41, 5.74) is 3.81. The highest BCUT2D eigenvalue weighted by Gasteiger charge is 2.18. The van der Waals surface area contributed by atoms with Gasteiger partial charge in [0.25, 0.3) is 0 Å². The first-order valence-electron chi connectivity index (χ1n) is 9.10. The molecule has 0 amide bonds. The van der Waals surface area contributed by atoms with Crippen LogP contribution in [0.2, 0.25) is 0 Å². The summed E-state index contributed by atoms with van der Waals surface area (Å²) < 4.78 is 16.2. The summed E-state index contributed by atoms with van der Waals surface area (Å²) in [5.74, 6) is 2.57. The van der Waals surface area contributed by atoms with Gasteiger partial charge in [-0.25, -0.2) is 0 Å². The molecule has 1 N–H and O–H groups in total. The van der Waals surface area contributed by atoms with Crippen LogP contribution in [0, 0.1) is 0 Å². The highest BCUT2D eigenvalue weighted by atomic mass is 16.7. The Balaban J connectivity index is 1.29. The predicted octanol–water partition coefficient (Wildman–Crippen LogP) is 2.88. The summed E-state index contributed by atoms with van der Waals surface area (Å²) in [6.07, 6.45) is 5.24. The van der Waals surface area contributed by atoms with Crippen molar-refractivity contribution in [2.24, 2.45) is 0 Å². The molecule has 0 atom stereocenters. The van der Waals surface area contributed by atoms with Gasteiger partial charge in [-0.15, -0.1) is 0 Å². The quantitative estimate of drug-likeness (QED) is 0.536. The van der Waals surface area contributed by atoms with E-state index in [1.54, 1.807) is 12.4 Å². The number of H-pyrrole nitrogens is 1. The normalized spacial score (nSPS) is 12.6. The van der Waals surface area contributed by atoms with Crippen LogP contribution in [0.5, 0.6) is 11.5 Å². The lowest BCUT2D eigenvalue weighted by Gasteiger charge is -2.14. The number of aromatic amines is 1. The van der Waals surface area contributed by atoms with Crippen LogP contribution in [0.4, 0.5) is 0 Å². The molecule has 0 spiro atoms. The monoisotopic (exact) mass is 390 g/mol. The zero-order chi connectivity index (χ0) is 19.6. The van der Waals surface area contributed by atoms with Crippen LogP contribution in [-0.2, 0) is 13.1 Å². The molecule has 1 aliphatic heterocycles. The average Bonchev–Trinajstić information content (AvgIpc) is 3.49. The van der Waals surface area contributed by atoms with Crippen LogP contribution in [0.1, 0.15) is 11.5 Å². The minimum atomic E-state index is 0.253. The van der Waals surface area contributed by atoms with E-state index < -0.39 is 0 Å². The van der Waals surface area contributed by atoms with Gasteiger partial charge >= 0.3 is 0 Å². The number of nitrogens with one attached hydrogen (secondary N) is 1. The Morgan fingerprint density at radius 3 is 2.90 bits per heavy atom. The van der Waals surface area contributed by atoms with E-state index in [-0.39, 0.29) is 6.79 Å². The molecule has 29 heavy (non-hydrogen) atoms. The van der Waals surface area contributed by atoms with Crippen LogP contribution in [0.3, 0.4) is 0 Å². The second-order valence-corrected chi connectivity index (χ2v) is 6.76. The molecule has 0 saturated heterocycles. The number of aromatic nitrogens is 5. The van der Waals surface area contributed by atoms with Gasteiger partial charge in [0, 0.05) is 35.6 Å². The molecule has 1 aromatic carbocycles. The van der Waals surface area contributed by atoms with Crippen LogP contribution < -0.4 is 9.47 Å². The third kappa shape index (κ3) is 3.55. The summed E-state index contributed by atoms with van der Waals surface area (Å²) in [4.78, 5) is 10.6. The maximum absolute atomic E-state index is 5.48. The SMILES string of the molecule is CN(Cc1nc(-c2cccnc2)no1)Cc1cn[nH]c1-c1ccc2c(c1)OCO2. The Morgan fingerprint density at radius 2 is 2.00 bits per heavy atom. The lowest BCUT2D eigenvalue weighted by molar-refractivity contribution is 0.174. The van der Waals surface area contributed by atoms with Crippen molar-refractivity contribution in [3.05, 3.63) is 60.4 Å². The summed E-state index contributed by atoms with van der Waals surface area (Å²) in [6.45, 7) is 1.42. The van der Waals surface area contributed by atoms with Crippen LogP contribution in [0.25, 0.3) is 22.6 Å². The molecule has 1 aliphatic rings. The number of pyridine rings is 1. The Kier molecular flexibility index (Phi) is 4.41. The van der Waals surface area contributed by atoms with Crippen molar-refractivity contribution in [3.63, 3.8) is 0 Å². The van der Waals surface area contributed by atoms with Gasteiger partial charge in [0.05, 0.1) is 18.4 Å². The molecule has 3 aromatic heterocycles. The van der Waals surface area contributed by atoms with Gasteiger partial charge in [0.1, 0.15) is 0 Å².